The maximum Gasteiger partial charge on any atom is 0.224 e. The molecular formula is C20H31N3O. The highest BCUT2D eigenvalue weighted by atomic mass is 16.1. The summed E-state index contributed by atoms with van der Waals surface area (Å²) in [6.45, 7) is 14.5. The van der Waals surface area contributed by atoms with Gasteiger partial charge in [-0.15, -0.1) is 0 Å². The molecule has 1 heterocycles. The molecule has 0 spiro atoms. The van der Waals surface area contributed by atoms with Gasteiger partial charge in [-0.3, -0.25) is 9.69 Å². The fourth-order valence-corrected chi connectivity index (χ4v) is 3.38. The van der Waals surface area contributed by atoms with Crippen LogP contribution in [0.15, 0.2) is 18.2 Å². The number of hydrogen-bond donors (Lipinski definition) is 2. The summed E-state index contributed by atoms with van der Waals surface area (Å²) in [6.07, 6.45) is 0.429. The first kappa shape index (κ1) is 18.5. The highest BCUT2D eigenvalue weighted by Crippen LogP contribution is 2.23. The van der Waals surface area contributed by atoms with E-state index < -0.39 is 0 Å². The van der Waals surface area contributed by atoms with E-state index in [1.165, 1.54) is 5.56 Å². The van der Waals surface area contributed by atoms with Gasteiger partial charge in [0.05, 0.1) is 6.42 Å². The number of nitrogens with one attached hydrogen (secondary N) is 2. The van der Waals surface area contributed by atoms with Crippen molar-refractivity contribution in [3.63, 3.8) is 0 Å². The number of rotatable bonds is 7. The van der Waals surface area contributed by atoms with Crippen molar-refractivity contribution in [2.75, 3.05) is 13.1 Å². The molecule has 1 aromatic carbocycles. The topological polar surface area (TPSA) is 48.1 Å². The Balaban J connectivity index is 1.98. The minimum Gasteiger partial charge on any atom is -0.358 e. The second-order valence-electron chi connectivity index (χ2n) is 7.23. The van der Waals surface area contributed by atoms with Crippen molar-refractivity contribution in [3.8, 4) is 0 Å². The Morgan fingerprint density at radius 2 is 1.83 bits per heavy atom. The summed E-state index contributed by atoms with van der Waals surface area (Å²) >= 11 is 0. The number of carbonyl (C=O) groups excluding carboxylic acids is 1. The van der Waals surface area contributed by atoms with Crippen molar-refractivity contribution in [3.05, 3.63) is 35.0 Å². The average molecular weight is 329 g/mol. The van der Waals surface area contributed by atoms with Gasteiger partial charge in [-0.25, -0.2) is 0 Å². The summed E-state index contributed by atoms with van der Waals surface area (Å²) in [4.78, 5) is 18.1. The molecule has 132 valence electrons. The molecule has 4 nitrogen and oxygen atoms in total. The Morgan fingerprint density at radius 3 is 2.46 bits per heavy atom. The summed E-state index contributed by atoms with van der Waals surface area (Å²) < 4.78 is 0. The molecule has 0 aliphatic heterocycles. The van der Waals surface area contributed by atoms with Crippen LogP contribution in [0.25, 0.3) is 10.9 Å². The first-order valence-electron chi connectivity index (χ1n) is 8.89. The Labute approximate surface area is 145 Å². The first-order chi connectivity index (χ1) is 11.3. The molecule has 2 aromatic rings. The third kappa shape index (κ3) is 4.38. The van der Waals surface area contributed by atoms with Crippen LogP contribution in [0, 0.1) is 13.8 Å². The Kier molecular flexibility index (Phi) is 6.05. The summed E-state index contributed by atoms with van der Waals surface area (Å²) in [6, 6.07) is 7.30. The molecule has 2 rings (SSSR count). The van der Waals surface area contributed by atoms with E-state index in [0.717, 1.165) is 28.7 Å². The largest absolute Gasteiger partial charge is 0.358 e. The number of aryl methyl sites for hydroxylation is 2. The number of hydrogen-bond acceptors (Lipinski definition) is 2. The van der Waals surface area contributed by atoms with E-state index in [4.69, 9.17) is 0 Å². The minimum atomic E-state index is 0.0907. The van der Waals surface area contributed by atoms with E-state index in [1.54, 1.807) is 0 Å². The van der Waals surface area contributed by atoms with Crippen LogP contribution < -0.4 is 5.32 Å². The zero-order valence-corrected chi connectivity index (χ0v) is 15.9. The number of nitrogens with zero attached hydrogens (tertiary/aromatic N) is 1. The molecule has 0 fully saturated rings. The molecule has 0 atom stereocenters. The van der Waals surface area contributed by atoms with Crippen molar-refractivity contribution in [2.24, 2.45) is 0 Å². The van der Waals surface area contributed by atoms with Crippen molar-refractivity contribution in [2.45, 2.75) is 60.0 Å². The molecule has 0 saturated heterocycles. The minimum absolute atomic E-state index is 0.0907. The van der Waals surface area contributed by atoms with Gasteiger partial charge in [-0.05, 0) is 59.2 Å². The number of fused-ring (bicyclic) bond motifs is 1. The monoisotopic (exact) mass is 329 g/mol. The predicted molar refractivity (Wildman–Crippen MR) is 101 cm³/mol. The Hall–Kier alpha value is -1.81. The molecule has 0 unspecified atom stereocenters. The molecule has 0 bridgehead atoms. The zero-order valence-electron chi connectivity index (χ0n) is 15.9. The predicted octanol–water partition coefficient (Wildman–Crippen LogP) is 3.56. The summed E-state index contributed by atoms with van der Waals surface area (Å²) in [7, 11) is 0. The maximum atomic E-state index is 12.4. The fourth-order valence-electron chi connectivity index (χ4n) is 3.38. The number of H-pyrrole nitrogens is 1. The van der Waals surface area contributed by atoms with Crippen LogP contribution in [0.2, 0.25) is 0 Å². The van der Waals surface area contributed by atoms with Crippen LogP contribution in [0.3, 0.4) is 0 Å². The molecule has 0 saturated carbocycles. The van der Waals surface area contributed by atoms with E-state index in [1.807, 2.05) is 6.92 Å². The van der Waals surface area contributed by atoms with Crippen molar-refractivity contribution < 1.29 is 4.79 Å². The van der Waals surface area contributed by atoms with Gasteiger partial charge < -0.3 is 10.3 Å². The van der Waals surface area contributed by atoms with Crippen LogP contribution in [0.1, 0.15) is 44.5 Å². The number of aromatic nitrogens is 1. The van der Waals surface area contributed by atoms with Gasteiger partial charge >= 0.3 is 0 Å². The number of amides is 1. The highest BCUT2D eigenvalue weighted by molar-refractivity contribution is 5.90. The lowest BCUT2D eigenvalue weighted by Crippen LogP contribution is -2.42. The van der Waals surface area contributed by atoms with Gasteiger partial charge in [0.2, 0.25) is 5.91 Å². The molecule has 0 radical (unpaired) electrons. The lowest BCUT2D eigenvalue weighted by Gasteiger charge is -2.30. The van der Waals surface area contributed by atoms with E-state index in [2.05, 4.69) is 68.0 Å². The molecule has 0 aliphatic carbocycles. The summed E-state index contributed by atoms with van der Waals surface area (Å²) in [5.74, 6) is 0.0907. The van der Waals surface area contributed by atoms with Crippen LogP contribution in [-0.4, -0.2) is 41.0 Å². The smallest absolute Gasteiger partial charge is 0.224 e. The standard InChI is InChI=1S/C20H31N3O/c1-13(2)23(14(3)4)10-9-21-20(24)12-17-16(6)22-19-8-7-15(5)11-18(17)19/h7-8,11,13-14,22H,9-10,12H2,1-6H3,(H,21,24). The van der Waals surface area contributed by atoms with Crippen molar-refractivity contribution in [1.29, 1.82) is 0 Å². The second-order valence-corrected chi connectivity index (χ2v) is 7.23. The van der Waals surface area contributed by atoms with Gasteiger partial charge in [0.1, 0.15) is 0 Å². The fraction of sp³-hybridized carbons (Fsp3) is 0.550. The summed E-state index contributed by atoms with van der Waals surface area (Å²) in [5.41, 5.74) is 4.51. The van der Waals surface area contributed by atoms with Crippen molar-refractivity contribution in [1.82, 2.24) is 15.2 Å². The molecule has 1 aromatic heterocycles. The lowest BCUT2D eigenvalue weighted by atomic mass is 10.1. The highest BCUT2D eigenvalue weighted by Gasteiger charge is 2.15. The normalized spacial score (nSPS) is 11.9. The maximum absolute atomic E-state index is 12.4. The Bertz CT molecular complexity index is 692. The third-order valence-corrected chi connectivity index (χ3v) is 4.63. The number of aromatic amines is 1. The third-order valence-electron chi connectivity index (χ3n) is 4.63. The van der Waals surface area contributed by atoms with Gasteiger partial charge in [0.25, 0.3) is 0 Å². The number of carbonyl (C=O) groups is 1. The van der Waals surface area contributed by atoms with Crippen LogP contribution in [-0.2, 0) is 11.2 Å². The lowest BCUT2D eigenvalue weighted by molar-refractivity contribution is -0.120. The molecular weight excluding hydrogens is 298 g/mol. The Morgan fingerprint density at radius 1 is 1.17 bits per heavy atom. The van der Waals surface area contributed by atoms with Gasteiger partial charge in [-0.1, -0.05) is 11.6 Å². The van der Waals surface area contributed by atoms with Gasteiger partial charge in [0.15, 0.2) is 0 Å². The van der Waals surface area contributed by atoms with Crippen LogP contribution in [0.5, 0.6) is 0 Å². The molecule has 0 aliphatic rings. The zero-order chi connectivity index (χ0) is 17.9. The van der Waals surface area contributed by atoms with E-state index >= 15 is 0 Å². The SMILES string of the molecule is Cc1ccc2[nH]c(C)c(CC(=O)NCCN(C(C)C)C(C)C)c2c1. The van der Waals surface area contributed by atoms with E-state index in [0.29, 0.717) is 25.0 Å². The first-order valence-corrected chi connectivity index (χ1v) is 8.89. The van der Waals surface area contributed by atoms with Crippen LogP contribution >= 0.6 is 0 Å². The van der Waals surface area contributed by atoms with E-state index in [9.17, 15) is 4.79 Å². The average Bonchev–Trinajstić information content (AvgIpc) is 2.78. The van der Waals surface area contributed by atoms with Crippen LogP contribution in [0.4, 0.5) is 0 Å². The molecule has 4 heteroatoms. The second kappa shape index (κ2) is 7.84. The summed E-state index contributed by atoms with van der Waals surface area (Å²) in [5, 5.41) is 4.23. The van der Waals surface area contributed by atoms with Gasteiger partial charge in [0, 0.05) is 41.8 Å². The quantitative estimate of drug-likeness (QED) is 0.816. The number of benzene rings is 1. The van der Waals surface area contributed by atoms with E-state index in [-0.39, 0.29) is 5.91 Å². The van der Waals surface area contributed by atoms with Crippen molar-refractivity contribution >= 4 is 16.8 Å². The molecule has 1 amide bonds. The molecule has 2 N–H and O–H groups in total. The molecule has 24 heavy (non-hydrogen) atoms. The van der Waals surface area contributed by atoms with Gasteiger partial charge in [-0.2, -0.15) is 0 Å².